The lowest BCUT2D eigenvalue weighted by Crippen LogP contribution is -2.41. The number of amides is 1. The fourth-order valence-electron chi connectivity index (χ4n) is 5.72. The number of halogens is 1. The van der Waals surface area contributed by atoms with Crippen LogP contribution in [0.25, 0.3) is 0 Å². The van der Waals surface area contributed by atoms with Crippen LogP contribution in [0, 0.1) is 18.3 Å². The van der Waals surface area contributed by atoms with Crippen molar-refractivity contribution in [1.82, 2.24) is 20.4 Å². The summed E-state index contributed by atoms with van der Waals surface area (Å²) in [5.74, 6) is 3.13. The summed E-state index contributed by atoms with van der Waals surface area (Å²) in [5.41, 5.74) is 14.2. The minimum absolute atomic E-state index is 0.0250. The fraction of sp³-hybridized carbons (Fsp3) is 0.590. The van der Waals surface area contributed by atoms with Gasteiger partial charge in [0.25, 0.3) is 0 Å². The van der Waals surface area contributed by atoms with E-state index in [0.29, 0.717) is 13.1 Å². The van der Waals surface area contributed by atoms with Crippen LogP contribution < -0.4 is 16.4 Å². The third-order valence-corrected chi connectivity index (χ3v) is 9.17. The molecule has 8 heteroatoms. The summed E-state index contributed by atoms with van der Waals surface area (Å²) in [6, 6.07) is -0.0684. The second-order valence-electron chi connectivity index (χ2n) is 12.9. The molecule has 4 atom stereocenters. The quantitative estimate of drug-likeness (QED) is 0.0557. The van der Waals surface area contributed by atoms with E-state index in [9.17, 15) is 9.18 Å². The molecule has 1 amide bonds. The Kier molecular flexibility index (Phi) is 18.3. The average molecular weight is 649 g/mol. The van der Waals surface area contributed by atoms with Gasteiger partial charge in [0.05, 0.1) is 11.8 Å². The maximum Gasteiger partial charge on any atom is 0.207 e. The minimum Gasteiger partial charge on any atom is -0.372 e. The third kappa shape index (κ3) is 13.4. The summed E-state index contributed by atoms with van der Waals surface area (Å²) in [5, 5.41) is 6.56. The number of allylic oxidation sites excluding steroid dienone is 6. The molecule has 2 unspecified atom stereocenters. The average Bonchev–Trinajstić information content (AvgIpc) is 3.83. The number of rotatable bonds is 23. The maximum absolute atomic E-state index is 13.0. The highest BCUT2D eigenvalue weighted by atomic mass is 19.1. The second kappa shape index (κ2) is 21.6. The predicted molar refractivity (Wildman–Crippen MR) is 198 cm³/mol. The molecule has 1 heterocycles. The monoisotopic (exact) mass is 648 g/mol. The normalized spacial score (nSPS) is 19.9. The zero-order valence-electron chi connectivity index (χ0n) is 30.0. The first-order valence-electron chi connectivity index (χ1n) is 17.5. The Bertz CT molecular complexity index is 1250. The lowest BCUT2D eigenvalue weighted by atomic mass is 9.85. The van der Waals surface area contributed by atoms with Gasteiger partial charge in [-0.3, -0.25) is 14.7 Å². The van der Waals surface area contributed by atoms with Crippen molar-refractivity contribution in [2.24, 2.45) is 16.6 Å². The van der Waals surface area contributed by atoms with Gasteiger partial charge in [-0.15, -0.1) is 6.42 Å². The first-order chi connectivity index (χ1) is 22.6. The molecular formula is C39H61FN6O. The number of alkyl halides is 1. The highest BCUT2D eigenvalue weighted by molar-refractivity contribution is 6.04. The molecule has 0 fully saturated rings. The minimum atomic E-state index is -0.365. The van der Waals surface area contributed by atoms with Gasteiger partial charge in [0.2, 0.25) is 6.41 Å². The Morgan fingerprint density at radius 3 is 2.64 bits per heavy atom. The molecule has 2 aliphatic rings. The van der Waals surface area contributed by atoms with Crippen molar-refractivity contribution in [3.05, 3.63) is 70.5 Å². The van der Waals surface area contributed by atoms with Crippen LogP contribution in [0.5, 0.6) is 0 Å². The van der Waals surface area contributed by atoms with Crippen LogP contribution in [0.15, 0.2) is 75.5 Å². The summed E-state index contributed by atoms with van der Waals surface area (Å²) in [4.78, 5) is 20.0. The van der Waals surface area contributed by atoms with E-state index in [1.807, 2.05) is 18.9 Å². The van der Waals surface area contributed by atoms with Crippen LogP contribution in [0.2, 0.25) is 0 Å². The molecule has 1 aliphatic carbocycles. The lowest BCUT2D eigenvalue weighted by Gasteiger charge is -2.31. The van der Waals surface area contributed by atoms with Crippen molar-refractivity contribution < 1.29 is 9.18 Å². The molecule has 0 aromatic carbocycles. The summed E-state index contributed by atoms with van der Waals surface area (Å²) < 4.78 is 13.0. The Hall–Kier alpha value is -3.25. The van der Waals surface area contributed by atoms with Gasteiger partial charge in [-0.05, 0) is 82.2 Å². The van der Waals surface area contributed by atoms with Gasteiger partial charge in [-0.2, -0.15) is 0 Å². The number of carbonyl (C=O) groups excluding carboxylic acids is 1. The first-order valence-corrected chi connectivity index (χ1v) is 17.5. The van der Waals surface area contributed by atoms with E-state index in [1.54, 1.807) is 0 Å². The van der Waals surface area contributed by atoms with Crippen LogP contribution in [-0.2, 0) is 4.79 Å². The Morgan fingerprint density at radius 2 is 2.02 bits per heavy atom. The first kappa shape index (κ1) is 39.9. The molecule has 0 saturated heterocycles. The largest absolute Gasteiger partial charge is 0.372 e. The molecule has 47 heavy (non-hydrogen) atoms. The van der Waals surface area contributed by atoms with E-state index in [2.05, 4.69) is 91.1 Å². The number of hydrogen-bond donors (Lipinski definition) is 3. The topological polar surface area (TPSA) is 86.0 Å². The van der Waals surface area contributed by atoms with Gasteiger partial charge in [0.15, 0.2) is 0 Å². The van der Waals surface area contributed by atoms with Crippen molar-refractivity contribution in [1.29, 1.82) is 0 Å². The van der Waals surface area contributed by atoms with Crippen LogP contribution in [0.4, 0.5) is 4.39 Å². The molecule has 0 aromatic rings. The van der Waals surface area contributed by atoms with Gasteiger partial charge in [-0.1, -0.05) is 75.6 Å². The molecule has 0 radical (unpaired) electrons. The molecule has 2 rings (SSSR count). The number of hydrogen-bond acceptors (Lipinski definition) is 6. The molecular weight excluding hydrogens is 587 g/mol. The van der Waals surface area contributed by atoms with Crippen molar-refractivity contribution in [3.63, 3.8) is 0 Å². The number of nitrogens with two attached hydrogens (primary N) is 1. The number of terminal acetylenes is 1. The number of aliphatic imine (C=N–C) groups is 1. The summed E-state index contributed by atoms with van der Waals surface area (Å²) in [6.07, 6.45) is 23.3. The zero-order chi connectivity index (χ0) is 34.8. The van der Waals surface area contributed by atoms with E-state index >= 15 is 0 Å². The molecule has 1 aliphatic heterocycles. The Balaban J connectivity index is 2.06. The van der Waals surface area contributed by atoms with Crippen LogP contribution in [0.3, 0.4) is 0 Å². The Morgan fingerprint density at radius 1 is 1.26 bits per heavy atom. The SMILES string of the molecule is C#CC1=C(/C=C(/C=C\C2N=C2CN(C)[C@@H](C)CF)C(C)CN)C/C(=C\C(=C/C)CNCCN(CCC)C(=C)[C@H](CCC)NC=O)CC1. The third-order valence-electron chi connectivity index (χ3n) is 9.17. The van der Waals surface area contributed by atoms with Gasteiger partial charge < -0.3 is 21.3 Å². The van der Waals surface area contributed by atoms with E-state index in [1.165, 1.54) is 16.7 Å². The number of carbonyl (C=O) groups is 1. The maximum atomic E-state index is 13.0. The van der Waals surface area contributed by atoms with E-state index in [-0.39, 0.29) is 30.7 Å². The van der Waals surface area contributed by atoms with Crippen molar-refractivity contribution in [3.8, 4) is 12.3 Å². The van der Waals surface area contributed by atoms with Crippen LogP contribution in [0.1, 0.15) is 73.1 Å². The van der Waals surface area contributed by atoms with Crippen LogP contribution in [-0.4, -0.2) is 93.0 Å². The molecule has 7 nitrogen and oxygen atoms in total. The van der Waals surface area contributed by atoms with E-state index in [4.69, 9.17) is 12.2 Å². The highest BCUT2D eigenvalue weighted by Crippen LogP contribution is 2.32. The summed E-state index contributed by atoms with van der Waals surface area (Å²) in [7, 11) is 1.93. The predicted octanol–water partition coefficient (Wildman–Crippen LogP) is 5.89. The number of nitrogens with one attached hydrogen (secondary N) is 2. The molecule has 0 bridgehead atoms. The zero-order valence-corrected chi connectivity index (χ0v) is 30.0. The molecule has 0 saturated carbocycles. The summed E-state index contributed by atoms with van der Waals surface area (Å²) in [6.45, 7) is 18.9. The van der Waals surface area contributed by atoms with E-state index in [0.717, 1.165) is 93.7 Å². The molecule has 260 valence electrons. The van der Waals surface area contributed by atoms with Crippen molar-refractivity contribution >= 4 is 12.1 Å². The fourth-order valence-corrected chi connectivity index (χ4v) is 5.72. The van der Waals surface area contributed by atoms with Gasteiger partial charge >= 0.3 is 0 Å². The van der Waals surface area contributed by atoms with Gasteiger partial charge in [0, 0.05) is 50.0 Å². The smallest absolute Gasteiger partial charge is 0.207 e. The van der Waals surface area contributed by atoms with Crippen molar-refractivity contribution in [2.75, 3.05) is 53.0 Å². The second-order valence-corrected chi connectivity index (χ2v) is 12.9. The molecule has 4 N–H and O–H groups in total. The Labute approximate surface area is 285 Å². The van der Waals surface area contributed by atoms with Crippen LogP contribution >= 0.6 is 0 Å². The lowest BCUT2D eigenvalue weighted by molar-refractivity contribution is -0.110. The molecule has 0 aromatic heterocycles. The standard InChI is InChI=1S/C39H61FN6O/c1-9-13-37(43-28-47)31(7)46(19-10-2)20-18-42-26-32(11-3)21-33-14-15-34(12-4)36(22-33)23-35(29(5)25-41)16-17-38-39(44-38)27-45(8)30(6)24-40/h4,11,16-17,21,23,28-30,37-38,42H,7,9-10,13-15,18-20,22,24-27,41H2,1-3,5-6,8H3,(H,43,47)/b17-16-,32-11+,33-21-,35-23-/t29?,30-,37-,38?/m0/s1. The van der Waals surface area contributed by atoms with Gasteiger partial charge in [0.1, 0.15) is 12.7 Å². The van der Waals surface area contributed by atoms with E-state index < -0.39 is 0 Å². The van der Waals surface area contributed by atoms with Gasteiger partial charge in [-0.25, -0.2) is 4.39 Å². The number of nitrogens with zero attached hydrogens (tertiary/aromatic N) is 3. The summed E-state index contributed by atoms with van der Waals surface area (Å²) >= 11 is 0. The molecule has 0 spiro atoms. The van der Waals surface area contributed by atoms with Crippen molar-refractivity contribution in [2.45, 2.75) is 91.3 Å². The highest BCUT2D eigenvalue weighted by Gasteiger charge is 2.27.